The maximum Gasteiger partial charge on any atom is 0.412 e. The van der Waals surface area contributed by atoms with E-state index in [-0.39, 0.29) is 30.0 Å². The average molecular weight is 406 g/mol. The number of nitriles is 1. The lowest BCUT2D eigenvalue weighted by atomic mass is 10.1. The maximum atomic E-state index is 11.8. The zero-order chi connectivity index (χ0) is 21.0. The van der Waals surface area contributed by atoms with Crippen LogP contribution in [0.15, 0.2) is 12.7 Å². The third-order valence-electron chi connectivity index (χ3n) is 4.09. The van der Waals surface area contributed by atoms with Crippen molar-refractivity contribution in [3.63, 3.8) is 0 Å². The first-order chi connectivity index (χ1) is 14.0. The van der Waals surface area contributed by atoms with Crippen molar-refractivity contribution in [2.75, 3.05) is 18.5 Å². The van der Waals surface area contributed by atoms with Gasteiger partial charge in [-0.05, 0) is 0 Å². The standard InChI is InChI=1S/C16H18N6O7/c1-8(24)28-12-9(5-23)29-15(11(12)25)22-7-20-10-13(18-6-19-14(10)22)21-16(26)27-4-2-3-17/h6-7,9,11-12,15,23,25H,2,4-5H2,1H3,(H,18,19,21,26)/t9-,11-,12-,15-/m1/s1. The highest BCUT2D eigenvalue weighted by Crippen LogP contribution is 2.33. The molecular weight excluding hydrogens is 388 g/mol. The van der Waals surface area contributed by atoms with E-state index in [2.05, 4.69) is 20.3 Å². The number of carbonyl (C=O) groups is 2. The van der Waals surface area contributed by atoms with E-state index in [1.54, 1.807) is 0 Å². The van der Waals surface area contributed by atoms with Gasteiger partial charge in [-0.2, -0.15) is 5.26 Å². The number of aliphatic hydroxyl groups excluding tert-OH is 2. The number of imidazole rings is 1. The van der Waals surface area contributed by atoms with Crippen LogP contribution in [0.3, 0.4) is 0 Å². The number of fused-ring (bicyclic) bond motifs is 1. The molecule has 3 rings (SSSR count). The SMILES string of the molecule is CC(=O)O[C@H]1[C@@H](O)[C@H](n2cnc3c(NC(=O)OCCC#N)ncnc32)O[C@@H]1CO. The van der Waals surface area contributed by atoms with E-state index in [0.29, 0.717) is 0 Å². The fraction of sp³-hybridized carbons (Fsp3) is 0.500. The van der Waals surface area contributed by atoms with Gasteiger partial charge in [-0.3, -0.25) is 14.7 Å². The van der Waals surface area contributed by atoms with Gasteiger partial charge in [0.15, 0.2) is 29.3 Å². The molecule has 0 radical (unpaired) electrons. The van der Waals surface area contributed by atoms with Crippen LogP contribution in [0.4, 0.5) is 10.6 Å². The minimum Gasteiger partial charge on any atom is -0.457 e. The second-order valence-corrected chi connectivity index (χ2v) is 6.03. The molecule has 1 fully saturated rings. The van der Waals surface area contributed by atoms with E-state index >= 15 is 0 Å². The summed E-state index contributed by atoms with van der Waals surface area (Å²) in [5, 5.41) is 30.9. The number of ether oxygens (including phenoxy) is 3. The number of aromatic nitrogens is 4. The number of anilines is 1. The number of esters is 1. The first-order valence-electron chi connectivity index (χ1n) is 8.56. The highest BCUT2D eigenvalue weighted by Gasteiger charge is 2.47. The molecule has 1 aliphatic rings. The molecule has 0 unspecified atom stereocenters. The Morgan fingerprint density at radius 1 is 1.41 bits per heavy atom. The molecule has 3 heterocycles. The molecule has 13 heteroatoms. The molecule has 1 amide bonds. The number of amides is 1. The normalized spacial score (nSPS) is 23.5. The molecule has 13 nitrogen and oxygen atoms in total. The summed E-state index contributed by atoms with van der Waals surface area (Å²) in [6, 6.07) is 1.85. The Labute approximate surface area is 163 Å². The molecule has 0 saturated carbocycles. The van der Waals surface area contributed by atoms with Gasteiger partial charge in [0, 0.05) is 6.92 Å². The molecular formula is C16H18N6O7. The Balaban J connectivity index is 1.84. The summed E-state index contributed by atoms with van der Waals surface area (Å²) >= 11 is 0. The topological polar surface area (TPSA) is 182 Å². The molecule has 2 aromatic rings. The molecule has 0 aromatic carbocycles. The summed E-state index contributed by atoms with van der Waals surface area (Å²) in [7, 11) is 0. The molecule has 3 N–H and O–H groups in total. The predicted molar refractivity (Wildman–Crippen MR) is 93.1 cm³/mol. The monoisotopic (exact) mass is 406 g/mol. The average Bonchev–Trinajstić information content (AvgIpc) is 3.24. The molecule has 0 aliphatic carbocycles. The van der Waals surface area contributed by atoms with Crippen molar-refractivity contribution in [2.45, 2.75) is 37.9 Å². The summed E-state index contributed by atoms with van der Waals surface area (Å²) in [4.78, 5) is 35.2. The van der Waals surface area contributed by atoms with Gasteiger partial charge in [0.05, 0.1) is 25.4 Å². The van der Waals surface area contributed by atoms with Gasteiger partial charge in [-0.15, -0.1) is 0 Å². The van der Waals surface area contributed by atoms with Crippen molar-refractivity contribution in [3.05, 3.63) is 12.7 Å². The minimum absolute atomic E-state index is 0.0493. The lowest BCUT2D eigenvalue weighted by Crippen LogP contribution is -2.37. The zero-order valence-corrected chi connectivity index (χ0v) is 15.3. The van der Waals surface area contributed by atoms with Crippen molar-refractivity contribution in [1.29, 1.82) is 5.26 Å². The van der Waals surface area contributed by atoms with Crippen LogP contribution in [0.2, 0.25) is 0 Å². The van der Waals surface area contributed by atoms with Crippen LogP contribution < -0.4 is 5.32 Å². The number of aliphatic hydroxyl groups is 2. The minimum atomic E-state index is -1.30. The summed E-state index contributed by atoms with van der Waals surface area (Å²) in [6.07, 6.45) is -2.65. The number of carbonyl (C=O) groups excluding carboxylic acids is 2. The predicted octanol–water partition coefficient (Wildman–Crippen LogP) is -0.529. The van der Waals surface area contributed by atoms with Crippen LogP contribution in [-0.4, -0.2) is 73.3 Å². The second-order valence-electron chi connectivity index (χ2n) is 6.03. The molecule has 154 valence electrons. The third kappa shape index (κ3) is 4.24. The van der Waals surface area contributed by atoms with Gasteiger partial charge in [-0.25, -0.2) is 19.7 Å². The fourth-order valence-corrected chi connectivity index (χ4v) is 2.89. The molecule has 4 atom stereocenters. The van der Waals surface area contributed by atoms with Crippen molar-refractivity contribution < 1.29 is 34.0 Å². The van der Waals surface area contributed by atoms with Crippen LogP contribution >= 0.6 is 0 Å². The highest BCUT2D eigenvalue weighted by atomic mass is 16.6. The molecule has 0 spiro atoms. The zero-order valence-electron chi connectivity index (χ0n) is 15.3. The van der Waals surface area contributed by atoms with E-state index in [1.807, 2.05) is 6.07 Å². The van der Waals surface area contributed by atoms with Gasteiger partial charge in [0.25, 0.3) is 0 Å². The number of nitrogens with one attached hydrogen (secondary N) is 1. The number of rotatable bonds is 6. The Morgan fingerprint density at radius 2 is 2.21 bits per heavy atom. The van der Waals surface area contributed by atoms with Crippen LogP contribution in [0.25, 0.3) is 11.2 Å². The van der Waals surface area contributed by atoms with Crippen molar-refractivity contribution >= 4 is 29.0 Å². The van der Waals surface area contributed by atoms with Crippen molar-refractivity contribution in [1.82, 2.24) is 19.5 Å². The Bertz CT molecular complexity index is 941. The number of hydrogen-bond acceptors (Lipinski definition) is 11. The molecule has 0 bridgehead atoms. The summed E-state index contributed by atoms with van der Waals surface area (Å²) in [6.45, 7) is 0.629. The van der Waals surface area contributed by atoms with E-state index in [1.165, 1.54) is 24.1 Å². The molecule has 2 aromatic heterocycles. The van der Waals surface area contributed by atoms with E-state index in [0.717, 1.165) is 0 Å². The number of hydrogen-bond donors (Lipinski definition) is 3. The first-order valence-corrected chi connectivity index (χ1v) is 8.56. The molecule has 1 saturated heterocycles. The molecule has 1 aliphatic heterocycles. The Hall–Kier alpha value is -3.34. The van der Waals surface area contributed by atoms with Crippen molar-refractivity contribution in [3.8, 4) is 6.07 Å². The summed E-state index contributed by atoms with van der Waals surface area (Å²) in [5.41, 5.74) is 0.411. The van der Waals surface area contributed by atoms with E-state index in [4.69, 9.17) is 19.5 Å². The van der Waals surface area contributed by atoms with Gasteiger partial charge in [-0.1, -0.05) is 0 Å². The molecule has 29 heavy (non-hydrogen) atoms. The first kappa shape index (κ1) is 20.4. The smallest absolute Gasteiger partial charge is 0.412 e. The van der Waals surface area contributed by atoms with Crippen LogP contribution in [0.5, 0.6) is 0 Å². The third-order valence-corrected chi connectivity index (χ3v) is 4.09. The second kappa shape index (κ2) is 8.78. The van der Waals surface area contributed by atoms with Crippen LogP contribution in [-0.2, 0) is 19.0 Å². The van der Waals surface area contributed by atoms with E-state index in [9.17, 15) is 19.8 Å². The summed E-state index contributed by atoms with van der Waals surface area (Å²) < 4.78 is 16.9. The van der Waals surface area contributed by atoms with Crippen molar-refractivity contribution in [2.24, 2.45) is 0 Å². The largest absolute Gasteiger partial charge is 0.457 e. The van der Waals surface area contributed by atoms with Crippen LogP contribution in [0, 0.1) is 11.3 Å². The Kier molecular flexibility index (Phi) is 6.17. The Morgan fingerprint density at radius 3 is 2.90 bits per heavy atom. The maximum absolute atomic E-state index is 11.8. The van der Waals surface area contributed by atoms with Gasteiger partial charge in [0.1, 0.15) is 25.1 Å². The summed E-state index contributed by atoms with van der Waals surface area (Å²) in [5.74, 6) is -0.575. The van der Waals surface area contributed by atoms with Crippen LogP contribution in [0.1, 0.15) is 19.6 Å². The lowest BCUT2D eigenvalue weighted by Gasteiger charge is -2.19. The van der Waals surface area contributed by atoms with Gasteiger partial charge < -0.3 is 24.4 Å². The van der Waals surface area contributed by atoms with Gasteiger partial charge >= 0.3 is 12.1 Å². The highest BCUT2D eigenvalue weighted by molar-refractivity contribution is 5.93. The lowest BCUT2D eigenvalue weighted by molar-refractivity contribution is -0.153. The fourth-order valence-electron chi connectivity index (χ4n) is 2.89. The van der Waals surface area contributed by atoms with E-state index < -0.39 is 43.2 Å². The quantitative estimate of drug-likeness (QED) is 0.414. The number of nitrogens with zero attached hydrogens (tertiary/aromatic N) is 5. The van der Waals surface area contributed by atoms with Gasteiger partial charge in [0.2, 0.25) is 0 Å².